The van der Waals surface area contributed by atoms with Crippen LogP contribution in [0.1, 0.15) is 37.8 Å². The third-order valence-corrected chi connectivity index (χ3v) is 3.67. The highest BCUT2D eigenvalue weighted by molar-refractivity contribution is 5.55. The lowest BCUT2D eigenvalue weighted by atomic mass is 10.0. The van der Waals surface area contributed by atoms with Gasteiger partial charge in [-0.1, -0.05) is 6.07 Å². The van der Waals surface area contributed by atoms with Crippen molar-refractivity contribution in [1.82, 2.24) is 0 Å². The van der Waals surface area contributed by atoms with E-state index in [2.05, 4.69) is 4.90 Å². The van der Waals surface area contributed by atoms with Crippen molar-refractivity contribution in [3.05, 3.63) is 23.8 Å². The molecule has 1 aliphatic rings. The van der Waals surface area contributed by atoms with Crippen molar-refractivity contribution in [1.29, 1.82) is 0 Å². The van der Waals surface area contributed by atoms with Gasteiger partial charge < -0.3 is 20.8 Å². The number of nitrogens with zero attached hydrogens (tertiary/aromatic N) is 1. The molecule has 2 unspecified atom stereocenters. The number of aliphatic hydroxyl groups excluding tert-OH is 1. The molecule has 1 saturated heterocycles. The van der Waals surface area contributed by atoms with E-state index in [-0.39, 0.29) is 24.4 Å². The number of benzene rings is 1. The van der Waals surface area contributed by atoms with Crippen molar-refractivity contribution in [3.8, 4) is 5.75 Å². The zero-order valence-electron chi connectivity index (χ0n) is 10.8. The molecule has 1 aromatic rings. The number of nitrogens with two attached hydrogens (primary N) is 1. The van der Waals surface area contributed by atoms with E-state index >= 15 is 0 Å². The Morgan fingerprint density at radius 1 is 1.44 bits per heavy atom. The standard InChI is InChI=1S/C14H22N2O2/c1-10(15)13-6-5-11(8-14(13)18)16-7-3-2-4-12(16)9-17/h5-6,8,10,12,17-18H,2-4,7,9,15H2,1H3. The van der Waals surface area contributed by atoms with Crippen molar-refractivity contribution < 1.29 is 10.2 Å². The molecule has 1 heterocycles. The molecule has 0 aromatic heterocycles. The molecule has 4 N–H and O–H groups in total. The molecule has 4 nitrogen and oxygen atoms in total. The Morgan fingerprint density at radius 3 is 2.83 bits per heavy atom. The minimum atomic E-state index is -0.172. The monoisotopic (exact) mass is 250 g/mol. The summed E-state index contributed by atoms with van der Waals surface area (Å²) in [7, 11) is 0. The lowest BCUT2D eigenvalue weighted by molar-refractivity contribution is 0.240. The second-order valence-electron chi connectivity index (χ2n) is 5.06. The van der Waals surface area contributed by atoms with Gasteiger partial charge in [0, 0.05) is 29.9 Å². The SMILES string of the molecule is CC(N)c1ccc(N2CCCCC2CO)cc1O. The molecule has 0 spiro atoms. The fraction of sp³-hybridized carbons (Fsp3) is 0.571. The van der Waals surface area contributed by atoms with Crippen LogP contribution in [-0.4, -0.2) is 29.4 Å². The van der Waals surface area contributed by atoms with Crippen molar-refractivity contribution in [2.45, 2.75) is 38.3 Å². The summed E-state index contributed by atoms with van der Waals surface area (Å²) in [6.45, 7) is 2.95. The van der Waals surface area contributed by atoms with Gasteiger partial charge in [0.05, 0.1) is 12.6 Å². The van der Waals surface area contributed by atoms with Crippen LogP contribution in [0.5, 0.6) is 5.75 Å². The number of phenolic OH excluding ortho intramolecular Hbond substituents is 1. The summed E-state index contributed by atoms with van der Waals surface area (Å²) in [6, 6.07) is 5.60. The van der Waals surface area contributed by atoms with Crippen LogP contribution in [0.15, 0.2) is 18.2 Å². The molecule has 0 bridgehead atoms. The first kappa shape index (κ1) is 13.2. The molecule has 1 aromatic carbocycles. The predicted octanol–water partition coefficient (Wildman–Crippen LogP) is 1.76. The van der Waals surface area contributed by atoms with Crippen molar-refractivity contribution in [2.75, 3.05) is 18.1 Å². The lowest BCUT2D eigenvalue weighted by Gasteiger charge is -2.36. The quantitative estimate of drug-likeness (QED) is 0.764. The van der Waals surface area contributed by atoms with Crippen LogP contribution in [0.4, 0.5) is 5.69 Å². The van der Waals surface area contributed by atoms with Gasteiger partial charge in [-0.2, -0.15) is 0 Å². The minimum absolute atomic E-state index is 0.163. The molecule has 1 aliphatic heterocycles. The van der Waals surface area contributed by atoms with Gasteiger partial charge in [-0.05, 0) is 32.3 Å². The molecule has 0 radical (unpaired) electrons. The highest BCUT2D eigenvalue weighted by atomic mass is 16.3. The van der Waals surface area contributed by atoms with Gasteiger partial charge in [0.1, 0.15) is 5.75 Å². The molecule has 0 amide bonds. The first-order valence-corrected chi connectivity index (χ1v) is 6.59. The fourth-order valence-electron chi connectivity index (χ4n) is 2.63. The Labute approximate surface area is 108 Å². The third kappa shape index (κ3) is 2.60. The van der Waals surface area contributed by atoms with E-state index in [1.54, 1.807) is 6.07 Å². The molecule has 100 valence electrons. The van der Waals surface area contributed by atoms with Crippen LogP contribution < -0.4 is 10.6 Å². The van der Waals surface area contributed by atoms with Crippen LogP contribution in [0.25, 0.3) is 0 Å². The molecule has 0 aliphatic carbocycles. The van der Waals surface area contributed by atoms with Crippen LogP contribution in [0, 0.1) is 0 Å². The second-order valence-corrected chi connectivity index (χ2v) is 5.06. The van der Waals surface area contributed by atoms with E-state index in [9.17, 15) is 10.2 Å². The molecular formula is C14H22N2O2. The Morgan fingerprint density at radius 2 is 2.22 bits per heavy atom. The summed E-state index contributed by atoms with van der Waals surface area (Å²) in [5, 5.41) is 19.4. The maximum absolute atomic E-state index is 9.98. The average molecular weight is 250 g/mol. The zero-order valence-corrected chi connectivity index (χ0v) is 10.8. The predicted molar refractivity (Wildman–Crippen MR) is 72.8 cm³/mol. The number of hydrogen-bond donors (Lipinski definition) is 3. The van der Waals surface area contributed by atoms with Gasteiger partial charge >= 0.3 is 0 Å². The molecule has 4 heteroatoms. The van der Waals surface area contributed by atoms with Crippen LogP contribution >= 0.6 is 0 Å². The lowest BCUT2D eigenvalue weighted by Crippen LogP contribution is -2.41. The van der Waals surface area contributed by atoms with E-state index in [1.165, 1.54) is 0 Å². The average Bonchev–Trinajstić information content (AvgIpc) is 2.38. The number of anilines is 1. The molecular weight excluding hydrogens is 228 g/mol. The summed E-state index contributed by atoms with van der Waals surface area (Å²) >= 11 is 0. The minimum Gasteiger partial charge on any atom is -0.508 e. The van der Waals surface area contributed by atoms with E-state index in [0.717, 1.165) is 37.1 Å². The van der Waals surface area contributed by atoms with Crippen LogP contribution in [0.3, 0.4) is 0 Å². The summed E-state index contributed by atoms with van der Waals surface area (Å²) in [6.07, 6.45) is 3.30. The maximum Gasteiger partial charge on any atom is 0.122 e. The zero-order chi connectivity index (χ0) is 13.1. The van der Waals surface area contributed by atoms with Gasteiger partial charge in [0.25, 0.3) is 0 Å². The van der Waals surface area contributed by atoms with Crippen molar-refractivity contribution in [2.24, 2.45) is 5.73 Å². The second kappa shape index (κ2) is 5.59. The third-order valence-electron chi connectivity index (χ3n) is 3.67. The number of aliphatic hydroxyl groups is 1. The summed E-state index contributed by atoms with van der Waals surface area (Å²) < 4.78 is 0. The van der Waals surface area contributed by atoms with Crippen molar-refractivity contribution >= 4 is 5.69 Å². The Hall–Kier alpha value is -1.26. The molecule has 0 saturated carbocycles. The van der Waals surface area contributed by atoms with E-state index in [1.807, 2.05) is 19.1 Å². The first-order valence-electron chi connectivity index (χ1n) is 6.59. The molecule has 1 fully saturated rings. The topological polar surface area (TPSA) is 69.7 Å². The van der Waals surface area contributed by atoms with E-state index in [4.69, 9.17) is 5.73 Å². The number of hydrogen-bond acceptors (Lipinski definition) is 4. The van der Waals surface area contributed by atoms with E-state index < -0.39 is 0 Å². The number of rotatable bonds is 3. The Balaban J connectivity index is 2.24. The Kier molecular flexibility index (Phi) is 4.09. The van der Waals surface area contributed by atoms with Gasteiger partial charge in [-0.15, -0.1) is 0 Å². The van der Waals surface area contributed by atoms with Crippen LogP contribution in [0.2, 0.25) is 0 Å². The normalized spacial score (nSPS) is 21.9. The van der Waals surface area contributed by atoms with E-state index in [0.29, 0.717) is 0 Å². The highest BCUT2D eigenvalue weighted by Gasteiger charge is 2.22. The summed E-state index contributed by atoms with van der Waals surface area (Å²) in [5.41, 5.74) is 7.51. The van der Waals surface area contributed by atoms with Gasteiger partial charge in [-0.3, -0.25) is 0 Å². The van der Waals surface area contributed by atoms with Gasteiger partial charge in [0.2, 0.25) is 0 Å². The Bertz CT molecular complexity index is 407. The summed E-state index contributed by atoms with van der Waals surface area (Å²) in [5.74, 6) is 0.241. The smallest absolute Gasteiger partial charge is 0.122 e. The largest absolute Gasteiger partial charge is 0.508 e. The molecule has 2 rings (SSSR count). The summed E-state index contributed by atoms with van der Waals surface area (Å²) in [4.78, 5) is 2.17. The first-order chi connectivity index (χ1) is 8.63. The fourth-order valence-corrected chi connectivity index (χ4v) is 2.63. The number of piperidine rings is 1. The highest BCUT2D eigenvalue weighted by Crippen LogP contribution is 2.31. The maximum atomic E-state index is 9.98. The van der Waals surface area contributed by atoms with Gasteiger partial charge in [0.15, 0.2) is 0 Å². The molecule has 18 heavy (non-hydrogen) atoms. The van der Waals surface area contributed by atoms with Gasteiger partial charge in [-0.25, -0.2) is 0 Å². The number of aromatic hydroxyl groups is 1. The number of phenols is 1. The van der Waals surface area contributed by atoms with Crippen molar-refractivity contribution in [3.63, 3.8) is 0 Å². The van der Waals surface area contributed by atoms with Crippen LogP contribution in [-0.2, 0) is 0 Å². The molecule has 2 atom stereocenters.